The van der Waals surface area contributed by atoms with Gasteiger partial charge in [-0.05, 0) is 36.3 Å². The maximum atomic E-state index is 13.8. The number of hydrogen-bond acceptors (Lipinski definition) is 7. The Kier molecular flexibility index (Phi) is 5.35. The fourth-order valence-corrected chi connectivity index (χ4v) is 3.01. The number of benzene rings is 1. The molecule has 0 aliphatic heterocycles. The zero-order chi connectivity index (χ0) is 22.6. The molecule has 5 rings (SSSR count). The van der Waals surface area contributed by atoms with Gasteiger partial charge in [-0.1, -0.05) is 5.92 Å². The van der Waals surface area contributed by atoms with Gasteiger partial charge < -0.3 is 5.32 Å². The Morgan fingerprint density at radius 3 is 2.73 bits per heavy atom. The molecule has 4 aromatic heterocycles. The van der Waals surface area contributed by atoms with E-state index >= 15 is 0 Å². The Hall–Kier alpha value is -4.78. The third-order valence-electron chi connectivity index (χ3n) is 4.61. The Balaban J connectivity index is 1.34. The molecule has 33 heavy (non-hydrogen) atoms. The number of aromatic amines is 1. The first-order valence-electron chi connectivity index (χ1n) is 9.79. The quantitative estimate of drug-likeness (QED) is 0.412. The molecule has 5 aromatic rings. The monoisotopic (exact) mass is 440 g/mol. The molecule has 8 nitrogen and oxygen atoms in total. The van der Waals surface area contributed by atoms with E-state index < -0.39 is 11.6 Å². The number of fused-ring (bicyclic) bond motifs is 1. The minimum atomic E-state index is -0.750. The van der Waals surface area contributed by atoms with Crippen molar-refractivity contribution in [1.82, 2.24) is 35.1 Å². The van der Waals surface area contributed by atoms with Gasteiger partial charge in [0.05, 0.1) is 30.1 Å². The van der Waals surface area contributed by atoms with Crippen molar-refractivity contribution >= 4 is 16.9 Å². The summed E-state index contributed by atoms with van der Waals surface area (Å²) in [6, 6.07) is 9.89. The molecule has 10 heteroatoms. The van der Waals surface area contributed by atoms with Gasteiger partial charge in [-0.3, -0.25) is 10.1 Å². The van der Waals surface area contributed by atoms with Gasteiger partial charge in [-0.25, -0.2) is 28.7 Å². The van der Waals surface area contributed by atoms with Crippen LogP contribution in [0.3, 0.4) is 0 Å². The molecule has 4 heterocycles. The van der Waals surface area contributed by atoms with Crippen molar-refractivity contribution in [3.63, 3.8) is 0 Å². The zero-order valence-electron chi connectivity index (χ0n) is 16.9. The zero-order valence-corrected chi connectivity index (χ0v) is 16.9. The van der Waals surface area contributed by atoms with Crippen LogP contribution < -0.4 is 5.32 Å². The number of halogens is 2. The Labute approximate surface area is 186 Å². The largest absolute Gasteiger partial charge is 0.348 e. The van der Waals surface area contributed by atoms with Gasteiger partial charge in [0.15, 0.2) is 5.82 Å². The summed E-state index contributed by atoms with van der Waals surface area (Å²) in [6.45, 7) is -0.0110. The van der Waals surface area contributed by atoms with Gasteiger partial charge in [0.2, 0.25) is 5.95 Å². The second-order valence-electron chi connectivity index (χ2n) is 6.89. The second kappa shape index (κ2) is 8.76. The topological polar surface area (TPSA) is 105 Å². The summed E-state index contributed by atoms with van der Waals surface area (Å²) < 4.78 is 26.8. The van der Waals surface area contributed by atoms with E-state index in [0.717, 1.165) is 28.7 Å². The van der Waals surface area contributed by atoms with Crippen molar-refractivity contribution in [3.05, 3.63) is 89.8 Å². The molecule has 0 unspecified atom stereocenters. The highest BCUT2D eigenvalue weighted by Gasteiger charge is 2.09. The summed E-state index contributed by atoms with van der Waals surface area (Å²) in [6.07, 6.45) is 5.81. The Morgan fingerprint density at radius 2 is 1.82 bits per heavy atom. The predicted molar refractivity (Wildman–Crippen MR) is 117 cm³/mol. The summed E-state index contributed by atoms with van der Waals surface area (Å²) in [5.41, 5.74) is 2.81. The summed E-state index contributed by atoms with van der Waals surface area (Å²) in [5, 5.41) is 10.7. The number of nitrogens with one attached hydrogen (secondary N) is 2. The van der Waals surface area contributed by atoms with Crippen LogP contribution in [0.25, 0.3) is 22.4 Å². The van der Waals surface area contributed by atoms with Crippen LogP contribution in [0, 0.1) is 23.5 Å². The molecule has 0 amide bonds. The summed E-state index contributed by atoms with van der Waals surface area (Å²) in [7, 11) is 0. The fraction of sp³-hybridized carbons (Fsp3) is 0.0435. The van der Waals surface area contributed by atoms with E-state index in [1.807, 2.05) is 18.2 Å². The fourth-order valence-electron chi connectivity index (χ4n) is 3.01. The van der Waals surface area contributed by atoms with Gasteiger partial charge >= 0.3 is 0 Å². The number of rotatable bonds is 4. The van der Waals surface area contributed by atoms with Gasteiger partial charge in [0.25, 0.3) is 0 Å². The van der Waals surface area contributed by atoms with Crippen molar-refractivity contribution in [2.75, 3.05) is 5.32 Å². The molecule has 2 N–H and O–H groups in total. The highest BCUT2D eigenvalue weighted by atomic mass is 19.1. The lowest BCUT2D eigenvalue weighted by Crippen LogP contribution is -2.08. The molecule has 0 aliphatic carbocycles. The van der Waals surface area contributed by atoms with Crippen LogP contribution >= 0.6 is 0 Å². The van der Waals surface area contributed by atoms with Gasteiger partial charge in [0, 0.05) is 29.4 Å². The average molecular weight is 440 g/mol. The van der Waals surface area contributed by atoms with E-state index in [0.29, 0.717) is 17.2 Å². The SMILES string of the molecule is Fc1cnc(CNc2nccc(-c3nccc(C#Cc4ccc5[nH]ncc5c4)n3)n2)c(F)c1. The van der Waals surface area contributed by atoms with E-state index in [4.69, 9.17) is 0 Å². The molecular formula is C23H14F2N8. The first-order valence-corrected chi connectivity index (χ1v) is 9.79. The van der Waals surface area contributed by atoms with Crippen LogP contribution in [0.5, 0.6) is 0 Å². The second-order valence-corrected chi connectivity index (χ2v) is 6.89. The number of aromatic nitrogens is 7. The van der Waals surface area contributed by atoms with Crippen molar-refractivity contribution < 1.29 is 8.78 Å². The summed E-state index contributed by atoms with van der Waals surface area (Å²) >= 11 is 0. The van der Waals surface area contributed by atoms with E-state index in [1.165, 1.54) is 6.20 Å². The van der Waals surface area contributed by atoms with Crippen molar-refractivity contribution in [3.8, 4) is 23.4 Å². The number of hydrogen-bond donors (Lipinski definition) is 2. The minimum Gasteiger partial charge on any atom is -0.348 e. The highest BCUT2D eigenvalue weighted by molar-refractivity contribution is 5.79. The molecule has 160 valence electrons. The standard InChI is InChI=1S/C23H14F2N8/c24-16-10-18(25)21(28-12-16)13-29-23-27-8-6-20(32-23)22-26-7-5-17(31-22)3-1-14-2-4-19-15(9-14)11-30-33-19/h2,4-12H,13H2,(H,30,33)(H,27,29,32). The van der Waals surface area contributed by atoms with Crippen LogP contribution in [0.15, 0.2) is 61.2 Å². The number of H-pyrrole nitrogens is 1. The number of nitrogens with zero attached hydrogens (tertiary/aromatic N) is 6. The van der Waals surface area contributed by atoms with Crippen LogP contribution in [-0.4, -0.2) is 35.1 Å². The van der Waals surface area contributed by atoms with Crippen molar-refractivity contribution in [2.45, 2.75) is 6.54 Å². The van der Waals surface area contributed by atoms with E-state index in [1.54, 1.807) is 24.5 Å². The molecule has 0 bridgehead atoms. The Bertz CT molecular complexity index is 1520. The maximum Gasteiger partial charge on any atom is 0.223 e. The van der Waals surface area contributed by atoms with Crippen LogP contribution in [-0.2, 0) is 6.54 Å². The normalized spacial score (nSPS) is 10.6. The smallest absolute Gasteiger partial charge is 0.223 e. The van der Waals surface area contributed by atoms with E-state index in [-0.39, 0.29) is 18.2 Å². The van der Waals surface area contributed by atoms with Gasteiger partial charge in [0.1, 0.15) is 23.0 Å². The lowest BCUT2D eigenvalue weighted by Gasteiger charge is -2.06. The number of anilines is 1. The average Bonchev–Trinajstić information content (AvgIpc) is 3.31. The first kappa shape index (κ1) is 20.1. The minimum absolute atomic E-state index is 0.0110. The molecular weight excluding hydrogens is 426 g/mol. The van der Waals surface area contributed by atoms with E-state index in [9.17, 15) is 8.78 Å². The van der Waals surface area contributed by atoms with Crippen LogP contribution in [0.1, 0.15) is 17.0 Å². The Morgan fingerprint density at radius 1 is 0.909 bits per heavy atom. The number of pyridine rings is 1. The first-order chi connectivity index (χ1) is 16.1. The van der Waals surface area contributed by atoms with Gasteiger partial charge in [-0.15, -0.1) is 0 Å². The lowest BCUT2D eigenvalue weighted by molar-refractivity contribution is 0.560. The summed E-state index contributed by atoms with van der Waals surface area (Å²) in [5.74, 6) is 5.22. The van der Waals surface area contributed by atoms with Gasteiger partial charge in [-0.2, -0.15) is 5.10 Å². The molecule has 1 aromatic carbocycles. The summed E-state index contributed by atoms with van der Waals surface area (Å²) in [4.78, 5) is 20.9. The third kappa shape index (κ3) is 4.62. The van der Waals surface area contributed by atoms with E-state index in [2.05, 4.69) is 52.3 Å². The molecule has 0 spiro atoms. The molecule has 0 atom stereocenters. The maximum absolute atomic E-state index is 13.8. The third-order valence-corrected chi connectivity index (χ3v) is 4.61. The van der Waals surface area contributed by atoms with Crippen molar-refractivity contribution in [2.24, 2.45) is 0 Å². The molecule has 0 saturated carbocycles. The lowest BCUT2D eigenvalue weighted by atomic mass is 10.1. The molecule has 0 fully saturated rings. The molecule has 0 saturated heterocycles. The van der Waals surface area contributed by atoms with Crippen LogP contribution in [0.2, 0.25) is 0 Å². The molecule has 0 aliphatic rings. The molecule has 0 radical (unpaired) electrons. The predicted octanol–water partition coefficient (Wildman–Crippen LogP) is 3.50. The van der Waals surface area contributed by atoms with Crippen LogP contribution in [0.4, 0.5) is 14.7 Å². The highest BCUT2D eigenvalue weighted by Crippen LogP contribution is 2.15. The van der Waals surface area contributed by atoms with Crippen molar-refractivity contribution in [1.29, 1.82) is 0 Å².